The second-order valence-corrected chi connectivity index (χ2v) is 4.59. The molecule has 1 unspecified atom stereocenters. The summed E-state index contributed by atoms with van der Waals surface area (Å²) in [5.74, 6) is 1.39. The van der Waals surface area contributed by atoms with E-state index < -0.39 is 0 Å². The molecule has 1 fully saturated rings. The largest absolute Gasteiger partial charge is 0.504 e. The van der Waals surface area contributed by atoms with Crippen molar-refractivity contribution in [3.05, 3.63) is 23.8 Å². The Bertz CT molecular complexity index is 382. The Morgan fingerprint density at radius 3 is 3.00 bits per heavy atom. The molecule has 17 heavy (non-hydrogen) atoms. The predicted octanol–water partition coefficient (Wildman–Crippen LogP) is 1.18. The summed E-state index contributed by atoms with van der Waals surface area (Å²) in [6.07, 6.45) is 1.15. The molecule has 1 aliphatic rings. The summed E-state index contributed by atoms with van der Waals surface area (Å²) in [6.45, 7) is 3.59. The first-order valence-corrected chi connectivity index (χ1v) is 6.02. The fraction of sp³-hybridized carbons (Fsp3) is 0.538. The number of phenolic OH excluding ortho intramolecular Hbond substituents is 1. The van der Waals surface area contributed by atoms with Crippen LogP contribution in [0.3, 0.4) is 0 Å². The highest BCUT2D eigenvalue weighted by Crippen LogP contribution is 2.31. The van der Waals surface area contributed by atoms with E-state index in [2.05, 4.69) is 4.90 Å². The maximum Gasteiger partial charge on any atom is 0.162 e. The van der Waals surface area contributed by atoms with Crippen molar-refractivity contribution in [3.8, 4) is 11.5 Å². The first kappa shape index (κ1) is 12.2. The van der Waals surface area contributed by atoms with Crippen LogP contribution in [0, 0.1) is 5.92 Å². The van der Waals surface area contributed by atoms with Gasteiger partial charge < -0.3 is 15.6 Å². The van der Waals surface area contributed by atoms with Crippen molar-refractivity contribution >= 4 is 0 Å². The Kier molecular flexibility index (Phi) is 3.86. The molecule has 0 aromatic heterocycles. The lowest BCUT2D eigenvalue weighted by molar-refractivity contribution is 0.307. The third kappa shape index (κ3) is 2.70. The Morgan fingerprint density at radius 1 is 1.53 bits per heavy atom. The highest BCUT2D eigenvalue weighted by Gasteiger charge is 2.22. The minimum absolute atomic E-state index is 0.256. The Hall–Kier alpha value is -1.26. The number of hydrogen-bond acceptors (Lipinski definition) is 4. The number of aromatic hydroxyl groups is 1. The number of likely N-dealkylation sites (tertiary alicyclic amines) is 1. The number of ether oxygens (including phenoxy) is 1. The molecule has 0 aliphatic carbocycles. The predicted molar refractivity (Wildman–Crippen MR) is 67.1 cm³/mol. The van der Waals surface area contributed by atoms with Crippen LogP contribution < -0.4 is 10.5 Å². The lowest BCUT2D eigenvalue weighted by Gasteiger charge is -2.17. The first-order chi connectivity index (χ1) is 8.24. The number of hydrogen-bond donors (Lipinski definition) is 2. The monoisotopic (exact) mass is 236 g/mol. The summed E-state index contributed by atoms with van der Waals surface area (Å²) in [4.78, 5) is 2.33. The quantitative estimate of drug-likeness (QED) is 0.824. The Balaban J connectivity index is 2.04. The molecule has 0 amide bonds. The smallest absolute Gasteiger partial charge is 0.162 e. The van der Waals surface area contributed by atoms with Gasteiger partial charge in [0.05, 0.1) is 7.11 Å². The Labute approximate surface area is 102 Å². The van der Waals surface area contributed by atoms with E-state index in [-0.39, 0.29) is 5.75 Å². The molecule has 1 aliphatic heterocycles. The highest BCUT2D eigenvalue weighted by molar-refractivity contribution is 5.45. The van der Waals surface area contributed by atoms with Crippen LogP contribution in [0.15, 0.2) is 18.2 Å². The molecule has 0 bridgehead atoms. The molecule has 1 aromatic rings. The maximum atomic E-state index is 10.00. The lowest BCUT2D eigenvalue weighted by Crippen LogP contribution is -2.22. The van der Waals surface area contributed by atoms with Gasteiger partial charge in [0.2, 0.25) is 0 Å². The number of benzene rings is 1. The molecule has 3 N–H and O–H groups in total. The zero-order valence-corrected chi connectivity index (χ0v) is 10.2. The molecular formula is C13H20N2O2. The third-order valence-corrected chi connectivity index (χ3v) is 3.40. The number of phenols is 1. The first-order valence-electron chi connectivity index (χ1n) is 6.02. The Morgan fingerprint density at radius 2 is 2.35 bits per heavy atom. The molecule has 0 radical (unpaired) electrons. The summed E-state index contributed by atoms with van der Waals surface area (Å²) >= 11 is 0. The molecular weight excluding hydrogens is 216 g/mol. The summed E-state index contributed by atoms with van der Waals surface area (Å²) in [7, 11) is 1.57. The zero-order valence-electron chi connectivity index (χ0n) is 10.2. The topological polar surface area (TPSA) is 58.7 Å². The van der Waals surface area contributed by atoms with E-state index >= 15 is 0 Å². The van der Waals surface area contributed by atoms with Crippen LogP contribution in [0.25, 0.3) is 0 Å². The normalized spacial score (nSPS) is 20.7. The van der Waals surface area contributed by atoms with Gasteiger partial charge in [0.25, 0.3) is 0 Å². The number of methoxy groups -OCH3 is 1. The fourth-order valence-corrected chi connectivity index (χ4v) is 2.35. The zero-order chi connectivity index (χ0) is 12.3. The van der Waals surface area contributed by atoms with Crippen molar-refractivity contribution in [1.82, 2.24) is 4.90 Å². The van der Waals surface area contributed by atoms with Crippen LogP contribution in [0.4, 0.5) is 0 Å². The van der Waals surface area contributed by atoms with E-state index in [9.17, 15) is 5.11 Å². The molecule has 0 spiro atoms. The SMILES string of the molecule is COc1cccc(CN2CCC(CN)C2)c1O. The van der Waals surface area contributed by atoms with Gasteiger partial charge in [0.15, 0.2) is 11.5 Å². The van der Waals surface area contributed by atoms with Crippen LogP contribution in [0.1, 0.15) is 12.0 Å². The van der Waals surface area contributed by atoms with Crippen molar-refractivity contribution in [2.45, 2.75) is 13.0 Å². The average molecular weight is 236 g/mol. The summed E-state index contributed by atoms with van der Waals surface area (Å²) in [5.41, 5.74) is 6.59. The second kappa shape index (κ2) is 5.38. The maximum absolute atomic E-state index is 10.00. The number of rotatable bonds is 4. The van der Waals surface area contributed by atoms with Gasteiger partial charge >= 0.3 is 0 Å². The summed E-state index contributed by atoms with van der Waals surface area (Å²) in [5, 5.41) is 10.00. The van der Waals surface area contributed by atoms with E-state index in [0.29, 0.717) is 11.7 Å². The van der Waals surface area contributed by atoms with Gasteiger partial charge in [-0.3, -0.25) is 4.90 Å². The van der Waals surface area contributed by atoms with E-state index in [1.807, 2.05) is 12.1 Å². The standard InChI is InChI=1S/C13H20N2O2/c1-17-12-4-2-3-11(13(12)16)9-15-6-5-10(7-14)8-15/h2-4,10,16H,5-9,14H2,1H3. The van der Waals surface area contributed by atoms with Crippen LogP contribution in [-0.4, -0.2) is 36.8 Å². The molecule has 1 aromatic carbocycles. The molecule has 1 saturated heterocycles. The fourth-order valence-electron chi connectivity index (χ4n) is 2.35. The molecule has 1 atom stereocenters. The van der Waals surface area contributed by atoms with Crippen LogP contribution in [0.2, 0.25) is 0 Å². The van der Waals surface area contributed by atoms with Gasteiger partial charge in [-0.15, -0.1) is 0 Å². The van der Waals surface area contributed by atoms with Crippen molar-refractivity contribution in [1.29, 1.82) is 0 Å². The van der Waals surface area contributed by atoms with Crippen LogP contribution in [0.5, 0.6) is 11.5 Å². The molecule has 2 rings (SSSR count). The van der Waals surface area contributed by atoms with Gasteiger partial charge in [-0.2, -0.15) is 0 Å². The lowest BCUT2D eigenvalue weighted by atomic mass is 10.1. The number of para-hydroxylation sites is 1. The van der Waals surface area contributed by atoms with Crippen molar-refractivity contribution in [2.24, 2.45) is 11.7 Å². The minimum atomic E-state index is 0.256. The van der Waals surface area contributed by atoms with Crippen molar-refractivity contribution < 1.29 is 9.84 Å². The molecule has 4 heteroatoms. The van der Waals surface area contributed by atoms with E-state index in [1.54, 1.807) is 13.2 Å². The van der Waals surface area contributed by atoms with E-state index in [1.165, 1.54) is 0 Å². The van der Waals surface area contributed by atoms with Gasteiger partial charge in [-0.1, -0.05) is 12.1 Å². The van der Waals surface area contributed by atoms with Gasteiger partial charge in [0.1, 0.15) is 0 Å². The van der Waals surface area contributed by atoms with Gasteiger partial charge in [-0.05, 0) is 31.5 Å². The number of nitrogens with two attached hydrogens (primary N) is 1. The van der Waals surface area contributed by atoms with Crippen LogP contribution in [-0.2, 0) is 6.54 Å². The molecule has 1 heterocycles. The van der Waals surface area contributed by atoms with E-state index in [4.69, 9.17) is 10.5 Å². The minimum Gasteiger partial charge on any atom is -0.504 e. The highest BCUT2D eigenvalue weighted by atomic mass is 16.5. The van der Waals surface area contributed by atoms with Gasteiger partial charge in [0, 0.05) is 18.7 Å². The van der Waals surface area contributed by atoms with Crippen molar-refractivity contribution in [3.63, 3.8) is 0 Å². The second-order valence-electron chi connectivity index (χ2n) is 4.59. The number of nitrogens with zero attached hydrogens (tertiary/aromatic N) is 1. The van der Waals surface area contributed by atoms with Crippen molar-refractivity contribution in [2.75, 3.05) is 26.7 Å². The van der Waals surface area contributed by atoms with E-state index in [0.717, 1.165) is 38.2 Å². The third-order valence-electron chi connectivity index (χ3n) is 3.40. The van der Waals surface area contributed by atoms with Gasteiger partial charge in [-0.25, -0.2) is 0 Å². The average Bonchev–Trinajstić information content (AvgIpc) is 2.79. The molecule has 0 saturated carbocycles. The summed E-state index contributed by atoms with van der Waals surface area (Å²) in [6, 6.07) is 5.61. The molecule has 4 nitrogen and oxygen atoms in total. The van der Waals surface area contributed by atoms with Crippen LogP contribution >= 0.6 is 0 Å². The molecule has 94 valence electrons. The summed E-state index contributed by atoms with van der Waals surface area (Å²) < 4.78 is 5.10.